The number of nitrogens with one attached hydrogen (secondary N) is 1. The van der Waals surface area contributed by atoms with Crippen LogP contribution in [0.1, 0.15) is 31.5 Å². The standard InChI is InChI=1S/C12H18N2O2/c1-8-5-10(7-13-9(8)2)14-11(15)6-12(3,4)16/h5,7,16H,6H2,1-4H3,(H,14,15). The van der Waals surface area contributed by atoms with Crippen LogP contribution in [0.25, 0.3) is 0 Å². The molecular weight excluding hydrogens is 204 g/mol. The minimum absolute atomic E-state index is 0.0694. The van der Waals surface area contributed by atoms with E-state index in [0.29, 0.717) is 5.69 Å². The Hall–Kier alpha value is -1.42. The molecule has 0 unspecified atom stereocenters. The van der Waals surface area contributed by atoms with Crippen LogP contribution in [0.15, 0.2) is 12.3 Å². The first kappa shape index (κ1) is 12.6. The third-order valence-corrected chi connectivity index (χ3v) is 2.22. The van der Waals surface area contributed by atoms with Crippen molar-refractivity contribution < 1.29 is 9.90 Å². The second-order valence-electron chi connectivity index (χ2n) is 4.66. The molecule has 0 atom stereocenters. The maximum absolute atomic E-state index is 11.5. The minimum atomic E-state index is -0.989. The second-order valence-corrected chi connectivity index (χ2v) is 4.66. The van der Waals surface area contributed by atoms with Crippen LogP contribution in [-0.2, 0) is 4.79 Å². The van der Waals surface area contributed by atoms with Crippen molar-refractivity contribution in [2.45, 2.75) is 39.7 Å². The molecule has 1 rings (SSSR count). The highest BCUT2D eigenvalue weighted by molar-refractivity contribution is 5.91. The van der Waals surface area contributed by atoms with E-state index in [1.54, 1.807) is 20.0 Å². The zero-order chi connectivity index (χ0) is 12.3. The molecule has 0 aliphatic carbocycles. The van der Waals surface area contributed by atoms with Crippen molar-refractivity contribution in [1.82, 2.24) is 4.98 Å². The number of aliphatic hydroxyl groups is 1. The zero-order valence-corrected chi connectivity index (χ0v) is 10.2. The number of hydrogen-bond acceptors (Lipinski definition) is 3. The van der Waals surface area contributed by atoms with Gasteiger partial charge < -0.3 is 10.4 Å². The van der Waals surface area contributed by atoms with Gasteiger partial charge in [0.25, 0.3) is 0 Å². The molecule has 0 saturated carbocycles. The van der Waals surface area contributed by atoms with Gasteiger partial charge in [-0.05, 0) is 39.3 Å². The maximum Gasteiger partial charge on any atom is 0.227 e. The number of anilines is 1. The summed E-state index contributed by atoms with van der Waals surface area (Å²) in [5.74, 6) is -0.211. The fraction of sp³-hybridized carbons (Fsp3) is 0.500. The highest BCUT2D eigenvalue weighted by Gasteiger charge is 2.18. The Labute approximate surface area is 95.7 Å². The summed E-state index contributed by atoms with van der Waals surface area (Å²) < 4.78 is 0. The summed E-state index contributed by atoms with van der Waals surface area (Å²) in [6.45, 7) is 7.06. The van der Waals surface area contributed by atoms with E-state index in [-0.39, 0.29) is 12.3 Å². The number of hydrogen-bond donors (Lipinski definition) is 2. The SMILES string of the molecule is Cc1cc(NC(=O)CC(C)(C)O)cnc1C. The Morgan fingerprint density at radius 2 is 2.12 bits per heavy atom. The van der Waals surface area contributed by atoms with Gasteiger partial charge in [0.15, 0.2) is 0 Å². The summed E-state index contributed by atoms with van der Waals surface area (Å²) in [7, 11) is 0. The fourth-order valence-corrected chi connectivity index (χ4v) is 1.31. The van der Waals surface area contributed by atoms with Crippen LogP contribution in [0, 0.1) is 13.8 Å². The number of amides is 1. The van der Waals surface area contributed by atoms with Gasteiger partial charge in [0.05, 0.1) is 23.9 Å². The molecule has 0 spiro atoms. The molecule has 2 N–H and O–H groups in total. The van der Waals surface area contributed by atoms with E-state index < -0.39 is 5.60 Å². The minimum Gasteiger partial charge on any atom is -0.390 e. The molecule has 16 heavy (non-hydrogen) atoms. The molecule has 1 amide bonds. The summed E-state index contributed by atoms with van der Waals surface area (Å²) in [6.07, 6.45) is 1.69. The number of nitrogens with zero attached hydrogens (tertiary/aromatic N) is 1. The smallest absolute Gasteiger partial charge is 0.227 e. The summed E-state index contributed by atoms with van der Waals surface area (Å²) >= 11 is 0. The van der Waals surface area contributed by atoms with E-state index in [1.165, 1.54) is 0 Å². The van der Waals surface area contributed by atoms with Gasteiger partial charge in [0.1, 0.15) is 0 Å². The van der Waals surface area contributed by atoms with E-state index in [9.17, 15) is 9.90 Å². The molecule has 0 radical (unpaired) electrons. The summed E-state index contributed by atoms with van der Waals surface area (Å²) in [5, 5.41) is 12.2. The van der Waals surface area contributed by atoms with Crippen molar-refractivity contribution in [3.63, 3.8) is 0 Å². The maximum atomic E-state index is 11.5. The highest BCUT2D eigenvalue weighted by Crippen LogP contribution is 2.13. The number of carbonyl (C=O) groups is 1. The lowest BCUT2D eigenvalue weighted by Gasteiger charge is -2.16. The van der Waals surface area contributed by atoms with Crippen molar-refractivity contribution in [2.75, 3.05) is 5.32 Å². The molecule has 88 valence electrons. The van der Waals surface area contributed by atoms with Crippen LogP contribution < -0.4 is 5.32 Å². The van der Waals surface area contributed by atoms with Crippen LogP contribution in [0.4, 0.5) is 5.69 Å². The second kappa shape index (κ2) is 4.61. The molecule has 0 fully saturated rings. The molecule has 0 aliphatic rings. The third kappa shape index (κ3) is 3.98. The van der Waals surface area contributed by atoms with Gasteiger partial charge >= 0.3 is 0 Å². The average Bonchev–Trinajstić information content (AvgIpc) is 2.08. The molecular formula is C12H18N2O2. The van der Waals surface area contributed by atoms with Crippen LogP contribution in [0.5, 0.6) is 0 Å². The first-order valence-electron chi connectivity index (χ1n) is 5.23. The van der Waals surface area contributed by atoms with Crippen molar-refractivity contribution >= 4 is 11.6 Å². The Morgan fingerprint density at radius 1 is 1.50 bits per heavy atom. The van der Waals surface area contributed by atoms with E-state index in [2.05, 4.69) is 10.3 Å². The summed E-state index contributed by atoms with van der Waals surface area (Å²) in [5.41, 5.74) is 1.65. The average molecular weight is 222 g/mol. The Morgan fingerprint density at radius 3 is 2.62 bits per heavy atom. The van der Waals surface area contributed by atoms with Crippen molar-refractivity contribution in [2.24, 2.45) is 0 Å². The number of rotatable bonds is 3. The quantitative estimate of drug-likeness (QED) is 0.819. The van der Waals surface area contributed by atoms with Crippen molar-refractivity contribution in [3.05, 3.63) is 23.5 Å². The Bertz CT molecular complexity index is 394. The predicted octanol–water partition coefficient (Wildman–Crippen LogP) is 1.80. The third-order valence-electron chi connectivity index (χ3n) is 2.22. The molecule has 4 heteroatoms. The topological polar surface area (TPSA) is 62.2 Å². The van der Waals surface area contributed by atoms with Gasteiger partial charge in [-0.2, -0.15) is 0 Å². The number of aromatic nitrogens is 1. The number of aryl methyl sites for hydroxylation is 2. The van der Waals surface area contributed by atoms with Gasteiger partial charge in [-0.15, -0.1) is 0 Å². The molecule has 4 nitrogen and oxygen atoms in total. The van der Waals surface area contributed by atoms with Crippen LogP contribution in [0.3, 0.4) is 0 Å². The zero-order valence-electron chi connectivity index (χ0n) is 10.2. The van der Waals surface area contributed by atoms with Crippen LogP contribution >= 0.6 is 0 Å². The molecule has 0 bridgehead atoms. The van der Waals surface area contributed by atoms with Crippen LogP contribution in [0.2, 0.25) is 0 Å². The molecule has 0 saturated heterocycles. The lowest BCUT2D eigenvalue weighted by Crippen LogP contribution is -2.27. The molecule has 0 aromatic carbocycles. The van der Waals surface area contributed by atoms with E-state index in [4.69, 9.17) is 0 Å². The predicted molar refractivity (Wildman–Crippen MR) is 63.3 cm³/mol. The van der Waals surface area contributed by atoms with Gasteiger partial charge in [0, 0.05) is 5.69 Å². The van der Waals surface area contributed by atoms with Crippen molar-refractivity contribution in [3.8, 4) is 0 Å². The monoisotopic (exact) mass is 222 g/mol. The normalized spacial score (nSPS) is 11.3. The lowest BCUT2D eigenvalue weighted by atomic mass is 10.1. The molecule has 1 aromatic heterocycles. The van der Waals surface area contributed by atoms with E-state index in [0.717, 1.165) is 11.3 Å². The molecule has 1 aromatic rings. The Kier molecular flexibility index (Phi) is 3.65. The summed E-state index contributed by atoms with van der Waals surface area (Å²) in [4.78, 5) is 15.7. The van der Waals surface area contributed by atoms with Gasteiger partial charge in [0.2, 0.25) is 5.91 Å². The van der Waals surface area contributed by atoms with Gasteiger partial charge in [-0.1, -0.05) is 0 Å². The van der Waals surface area contributed by atoms with Crippen molar-refractivity contribution in [1.29, 1.82) is 0 Å². The van der Waals surface area contributed by atoms with Crippen LogP contribution in [-0.4, -0.2) is 21.6 Å². The molecule has 0 aliphatic heterocycles. The Balaban J connectivity index is 2.67. The van der Waals surface area contributed by atoms with Gasteiger partial charge in [-0.25, -0.2) is 0 Å². The number of pyridine rings is 1. The number of carbonyl (C=O) groups excluding carboxylic acids is 1. The first-order valence-corrected chi connectivity index (χ1v) is 5.23. The highest BCUT2D eigenvalue weighted by atomic mass is 16.3. The fourth-order valence-electron chi connectivity index (χ4n) is 1.31. The van der Waals surface area contributed by atoms with Gasteiger partial charge in [-0.3, -0.25) is 9.78 Å². The first-order chi connectivity index (χ1) is 7.28. The summed E-state index contributed by atoms with van der Waals surface area (Å²) in [6, 6.07) is 1.87. The van der Waals surface area contributed by atoms with E-state index in [1.807, 2.05) is 19.9 Å². The molecule has 1 heterocycles. The van der Waals surface area contributed by atoms with E-state index >= 15 is 0 Å². The largest absolute Gasteiger partial charge is 0.390 e. The lowest BCUT2D eigenvalue weighted by molar-refractivity contribution is -0.119.